The number of imide groups is 1. The molecule has 4 rings (SSSR count). The van der Waals surface area contributed by atoms with Crippen molar-refractivity contribution in [3.8, 4) is 0 Å². The van der Waals surface area contributed by atoms with Gasteiger partial charge in [0.15, 0.2) is 5.78 Å². The summed E-state index contributed by atoms with van der Waals surface area (Å²) in [5.74, 6) is -0.203. The molecule has 1 aliphatic heterocycles. The highest BCUT2D eigenvalue weighted by atomic mass is 16.2. The fraction of sp³-hybridized carbons (Fsp3) is 0.450. The molecule has 4 heteroatoms. The maximum atomic E-state index is 13.0. The van der Waals surface area contributed by atoms with Crippen molar-refractivity contribution in [2.24, 2.45) is 23.7 Å². The average Bonchev–Trinajstić information content (AvgIpc) is 3.17. The minimum Gasteiger partial charge on any atom is -0.295 e. The van der Waals surface area contributed by atoms with Crippen LogP contribution in [-0.2, 0) is 9.59 Å². The largest absolute Gasteiger partial charge is 0.295 e. The van der Waals surface area contributed by atoms with E-state index >= 15 is 0 Å². The van der Waals surface area contributed by atoms with E-state index in [-0.39, 0.29) is 41.3 Å². The lowest BCUT2D eigenvalue weighted by Gasteiger charge is -2.19. The summed E-state index contributed by atoms with van der Waals surface area (Å²) in [4.78, 5) is 39.0. The zero-order chi connectivity index (χ0) is 17.2. The van der Waals surface area contributed by atoms with Crippen molar-refractivity contribution >= 4 is 23.3 Å². The van der Waals surface area contributed by atoms with Crippen LogP contribution >= 0.6 is 0 Å². The number of hydrogen-bond acceptors (Lipinski definition) is 3. The van der Waals surface area contributed by atoms with Gasteiger partial charge in [-0.2, -0.15) is 0 Å². The number of allylic oxidation sites excluding steroid dienone is 2. The summed E-state index contributed by atoms with van der Waals surface area (Å²) in [6.07, 6.45) is 2.01. The molecule has 1 aromatic rings. The Morgan fingerprint density at radius 2 is 1.58 bits per heavy atom. The molecule has 0 unspecified atom stereocenters. The number of Topliss-reactive ketones (excluding diaryl/α,β-unsaturated/α-hetero) is 1. The molecule has 3 aliphatic rings. The van der Waals surface area contributed by atoms with Crippen LogP contribution in [0.25, 0.3) is 0 Å². The number of benzene rings is 1. The van der Waals surface area contributed by atoms with Crippen LogP contribution in [-0.4, -0.2) is 17.6 Å². The lowest BCUT2D eigenvalue weighted by molar-refractivity contribution is -0.123. The molecule has 0 spiro atoms. The molecule has 1 aromatic carbocycles. The second-order valence-corrected chi connectivity index (χ2v) is 7.42. The molecule has 2 aliphatic carbocycles. The van der Waals surface area contributed by atoms with Gasteiger partial charge in [0.05, 0.1) is 17.5 Å². The Morgan fingerprint density at radius 1 is 1.00 bits per heavy atom. The molecule has 0 radical (unpaired) electrons. The standard InChI is InChI=1S/C20H21NO3/c1-10(2)16-14-7-8-15(16)18-17(14)19(23)21(20(18)24)13-6-4-5-12(9-13)11(3)22/h4-6,9,14-15,17-18H,7-8H2,1-3H3/t14-,15+,17-,18+. The first kappa shape index (κ1) is 15.3. The highest BCUT2D eigenvalue weighted by Gasteiger charge is 2.63. The van der Waals surface area contributed by atoms with Crippen LogP contribution < -0.4 is 4.90 Å². The Kier molecular flexibility index (Phi) is 3.27. The zero-order valence-corrected chi connectivity index (χ0v) is 14.2. The second kappa shape index (κ2) is 5.13. The van der Waals surface area contributed by atoms with Gasteiger partial charge in [-0.3, -0.25) is 14.4 Å². The monoisotopic (exact) mass is 323 g/mol. The summed E-state index contributed by atoms with van der Waals surface area (Å²) in [6.45, 7) is 5.66. The Bertz CT molecular complexity index is 771. The number of hydrogen-bond donors (Lipinski definition) is 0. The maximum Gasteiger partial charge on any atom is 0.238 e. The third-order valence-corrected chi connectivity index (χ3v) is 5.94. The van der Waals surface area contributed by atoms with Gasteiger partial charge in [-0.15, -0.1) is 0 Å². The molecule has 3 fully saturated rings. The van der Waals surface area contributed by atoms with Crippen LogP contribution in [0.15, 0.2) is 35.4 Å². The number of fused-ring (bicyclic) bond motifs is 5. The molecule has 2 saturated carbocycles. The summed E-state index contributed by atoms with van der Waals surface area (Å²) < 4.78 is 0. The van der Waals surface area contributed by atoms with E-state index in [2.05, 4.69) is 13.8 Å². The normalized spacial score (nSPS) is 31.0. The van der Waals surface area contributed by atoms with Crippen molar-refractivity contribution in [2.75, 3.05) is 4.90 Å². The molecule has 4 atom stereocenters. The molecule has 4 nitrogen and oxygen atoms in total. The van der Waals surface area contributed by atoms with Gasteiger partial charge >= 0.3 is 0 Å². The third-order valence-electron chi connectivity index (χ3n) is 5.94. The average molecular weight is 323 g/mol. The molecule has 0 aromatic heterocycles. The smallest absolute Gasteiger partial charge is 0.238 e. The molecular weight excluding hydrogens is 302 g/mol. The first-order valence-corrected chi connectivity index (χ1v) is 8.58. The van der Waals surface area contributed by atoms with E-state index in [0.29, 0.717) is 11.3 Å². The van der Waals surface area contributed by atoms with E-state index in [1.165, 1.54) is 23.0 Å². The third kappa shape index (κ3) is 1.89. The van der Waals surface area contributed by atoms with E-state index in [9.17, 15) is 14.4 Å². The Hall–Kier alpha value is -2.23. The summed E-state index contributed by atoms with van der Waals surface area (Å²) in [6, 6.07) is 6.84. The Labute approximate surface area is 141 Å². The van der Waals surface area contributed by atoms with Crippen molar-refractivity contribution in [3.63, 3.8) is 0 Å². The topological polar surface area (TPSA) is 54.5 Å². The highest BCUT2D eigenvalue weighted by Crippen LogP contribution is 2.60. The molecule has 124 valence electrons. The summed E-state index contributed by atoms with van der Waals surface area (Å²) in [5, 5.41) is 0. The maximum absolute atomic E-state index is 13.0. The van der Waals surface area contributed by atoms with Gasteiger partial charge in [-0.05, 0) is 57.6 Å². The number of ketones is 1. The van der Waals surface area contributed by atoms with E-state index in [4.69, 9.17) is 0 Å². The second-order valence-electron chi connectivity index (χ2n) is 7.42. The quantitative estimate of drug-likeness (QED) is 0.476. The SMILES string of the molecule is CC(=O)c1cccc(N2C(=O)[C@@H]3[C@H](C2=O)[C@@H]2CC[C@H]3C2=C(C)C)c1. The number of rotatable bonds is 2. The van der Waals surface area contributed by atoms with Crippen LogP contribution in [0.1, 0.15) is 44.0 Å². The van der Waals surface area contributed by atoms with Crippen molar-refractivity contribution < 1.29 is 14.4 Å². The fourth-order valence-electron chi connectivity index (χ4n) is 5.11. The van der Waals surface area contributed by atoms with Crippen LogP contribution in [0.3, 0.4) is 0 Å². The van der Waals surface area contributed by atoms with Crippen LogP contribution in [0.5, 0.6) is 0 Å². The predicted octanol–water partition coefficient (Wildman–Crippen LogP) is 3.37. The van der Waals surface area contributed by atoms with Crippen molar-refractivity contribution in [1.82, 2.24) is 0 Å². The Morgan fingerprint density at radius 3 is 2.08 bits per heavy atom. The van der Waals surface area contributed by atoms with Gasteiger partial charge in [0.2, 0.25) is 11.8 Å². The van der Waals surface area contributed by atoms with Crippen molar-refractivity contribution in [1.29, 1.82) is 0 Å². The minimum atomic E-state index is -0.206. The first-order valence-electron chi connectivity index (χ1n) is 8.58. The molecule has 2 bridgehead atoms. The van der Waals surface area contributed by atoms with Gasteiger partial charge in [-0.25, -0.2) is 4.90 Å². The summed E-state index contributed by atoms with van der Waals surface area (Å²) >= 11 is 0. The van der Waals surface area contributed by atoms with E-state index in [1.807, 2.05) is 0 Å². The van der Waals surface area contributed by atoms with Gasteiger partial charge in [-0.1, -0.05) is 23.3 Å². The summed E-state index contributed by atoms with van der Waals surface area (Å²) in [7, 11) is 0. The number of carbonyl (C=O) groups is 3. The lowest BCUT2D eigenvalue weighted by Crippen LogP contribution is -2.33. The van der Waals surface area contributed by atoms with Gasteiger partial charge in [0.1, 0.15) is 0 Å². The predicted molar refractivity (Wildman–Crippen MR) is 90.5 cm³/mol. The van der Waals surface area contributed by atoms with E-state index in [0.717, 1.165) is 12.8 Å². The molecule has 1 heterocycles. The minimum absolute atomic E-state index is 0.0666. The zero-order valence-electron chi connectivity index (χ0n) is 14.2. The summed E-state index contributed by atoms with van der Waals surface area (Å²) in [5.41, 5.74) is 3.68. The molecule has 2 amide bonds. The van der Waals surface area contributed by atoms with E-state index < -0.39 is 0 Å². The number of amides is 2. The Balaban J connectivity index is 1.75. The molecular formula is C20H21NO3. The van der Waals surface area contributed by atoms with Gasteiger partial charge in [0.25, 0.3) is 0 Å². The highest BCUT2D eigenvalue weighted by molar-refractivity contribution is 6.23. The first-order chi connectivity index (χ1) is 11.4. The van der Waals surface area contributed by atoms with Crippen molar-refractivity contribution in [2.45, 2.75) is 33.6 Å². The van der Waals surface area contributed by atoms with Crippen molar-refractivity contribution in [3.05, 3.63) is 41.0 Å². The fourth-order valence-corrected chi connectivity index (χ4v) is 5.11. The molecule has 24 heavy (non-hydrogen) atoms. The lowest BCUT2D eigenvalue weighted by atomic mass is 9.81. The number of carbonyl (C=O) groups excluding carboxylic acids is 3. The van der Waals surface area contributed by atoms with E-state index in [1.54, 1.807) is 24.3 Å². The molecule has 0 N–H and O–H groups in total. The van der Waals surface area contributed by atoms with Crippen LogP contribution in [0.2, 0.25) is 0 Å². The van der Waals surface area contributed by atoms with Crippen LogP contribution in [0, 0.1) is 23.7 Å². The number of nitrogens with zero attached hydrogens (tertiary/aromatic N) is 1. The number of anilines is 1. The van der Waals surface area contributed by atoms with Gasteiger partial charge < -0.3 is 0 Å². The molecule has 1 saturated heterocycles. The van der Waals surface area contributed by atoms with Gasteiger partial charge in [0, 0.05) is 5.56 Å². The van der Waals surface area contributed by atoms with Crippen LogP contribution in [0.4, 0.5) is 5.69 Å².